The molecule has 3 aromatic carbocycles. The standard InChI is InChI=1S/C23H17ClN2O4S/c1-2-30-21-6-4-3-5-18(21)22-19-13-15(14-25)7-12-20(19)26(23(22)27)31(28,29)17-10-8-16(24)9-11-17/h3-13,27H,2H2,1H3. The minimum absolute atomic E-state index is 0.0295. The van der Waals surface area contributed by atoms with Gasteiger partial charge in [-0.15, -0.1) is 0 Å². The Balaban J connectivity index is 2.09. The van der Waals surface area contributed by atoms with Gasteiger partial charge in [0, 0.05) is 16.0 Å². The van der Waals surface area contributed by atoms with E-state index in [1.54, 1.807) is 30.3 Å². The van der Waals surface area contributed by atoms with Gasteiger partial charge in [-0.2, -0.15) is 5.26 Å². The highest BCUT2D eigenvalue weighted by Gasteiger charge is 2.29. The number of rotatable bonds is 5. The summed E-state index contributed by atoms with van der Waals surface area (Å²) in [5, 5.41) is 21.4. The molecule has 0 spiro atoms. The van der Waals surface area contributed by atoms with E-state index >= 15 is 0 Å². The normalized spacial score (nSPS) is 11.4. The van der Waals surface area contributed by atoms with E-state index < -0.39 is 15.9 Å². The molecule has 0 bridgehead atoms. The van der Waals surface area contributed by atoms with E-state index in [0.29, 0.717) is 33.9 Å². The Morgan fingerprint density at radius 2 is 1.81 bits per heavy atom. The summed E-state index contributed by atoms with van der Waals surface area (Å²) in [7, 11) is -4.16. The maximum Gasteiger partial charge on any atom is 0.271 e. The van der Waals surface area contributed by atoms with Crippen LogP contribution in [0, 0.1) is 11.3 Å². The van der Waals surface area contributed by atoms with Crippen LogP contribution in [-0.2, 0) is 10.0 Å². The van der Waals surface area contributed by atoms with E-state index in [1.165, 1.54) is 36.4 Å². The molecule has 0 radical (unpaired) electrons. The maximum atomic E-state index is 13.5. The van der Waals surface area contributed by atoms with Crippen LogP contribution in [0.5, 0.6) is 11.6 Å². The highest BCUT2D eigenvalue weighted by Crippen LogP contribution is 2.45. The van der Waals surface area contributed by atoms with Crippen LogP contribution in [0.2, 0.25) is 5.02 Å². The fourth-order valence-corrected chi connectivity index (χ4v) is 5.05. The van der Waals surface area contributed by atoms with E-state index in [-0.39, 0.29) is 16.0 Å². The molecule has 0 fully saturated rings. The molecular formula is C23H17ClN2O4S. The maximum absolute atomic E-state index is 13.5. The number of aromatic nitrogens is 1. The SMILES string of the molecule is CCOc1ccccc1-c1c(O)n(S(=O)(=O)c2ccc(Cl)cc2)c2ccc(C#N)cc12. The molecule has 4 aromatic rings. The van der Waals surface area contributed by atoms with Crippen LogP contribution in [0.15, 0.2) is 71.6 Å². The summed E-state index contributed by atoms with van der Waals surface area (Å²) in [6.07, 6.45) is 0. The molecule has 1 heterocycles. The van der Waals surface area contributed by atoms with Crippen molar-refractivity contribution in [3.8, 4) is 28.8 Å². The number of nitriles is 1. The topological polar surface area (TPSA) is 92.3 Å². The van der Waals surface area contributed by atoms with Crippen molar-refractivity contribution in [1.82, 2.24) is 3.97 Å². The highest BCUT2D eigenvalue weighted by atomic mass is 35.5. The average Bonchev–Trinajstić information content (AvgIpc) is 3.06. The Morgan fingerprint density at radius 3 is 2.48 bits per heavy atom. The lowest BCUT2D eigenvalue weighted by molar-refractivity contribution is 0.341. The molecule has 0 saturated heterocycles. The van der Waals surface area contributed by atoms with Crippen molar-refractivity contribution in [2.24, 2.45) is 0 Å². The second kappa shape index (κ2) is 7.99. The number of benzene rings is 3. The predicted octanol–water partition coefficient (Wildman–Crippen LogP) is 5.17. The van der Waals surface area contributed by atoms with Crippen LogP contribution in [0.1, 0.15) is 12.5 Å². The molecule has 0 aliphatic heterocycles. The van der Waals surface area contributed by atoms with Gasteiger partial charge in [0.1, 0.15) is 5.75 Å². The van der Waals surface area contributed by atoms with Crippen molar-refractivity contribution < 1.29 is 18.3 Å². The molecule has 31 heavy (non-hydrogen) atoms. The van der Waals surface area contributed by atoms with Gasteiger partial charge in [-0.05, 0) is 55.5 Å². The summed E-state index contributed by atoms with van der Waals surface area (Å²) in [4.78, 5) is -0.0295. The van der Waals surface area contributed by atoms with Crippen LogP contribution < -0.4 is 4.74 Å². The Kier molecular flexibility index (Phi) is 5.36. The first-order valence-corrected chi connectivity index (χ1v) is 11.2. The first-order valence-electron chi connectivity index (χ1n) is 9.39. The van der Waals surface area contributed by atoms with Gasteiger partial charge < -0.3 is 9.84 Å². The third-order valence-electron chi connectivity index (χ3n) is 4.84. The zero-order valence-corrected chi connectivity index (χ0v) is 18.0. The summed E-state index contributed by atoms with van der Waals surface area (Å²) in [6, 6.07) is 19.3. The Bertz CT molecular complexity index is 1440. The van der Waals surface area contributed by atoms with Crippen molar-refractivity contribution in [3.63, 3.8) is 0 Å². The molecule has 0 amide bonds. The highest BCUT2D eigenvalue weighted by molar-refractivity contribution is 7.90. The minimum Gasteiger partial charge on any atom is -0.493 e. The summed E-state index contributed by atoms with van der Waals surface area (Å²) >= 11 is 5.90. The Morgan fingerprint density at radius 1 is 1.10 bits per heavy atom. The first-order chi connectivity index (χ1) is 14.9. The monoisotopic (exact) mass is 452 g/mol. The lowest BCUT2D eigenvalue weighted by Crippen LogP contribution is -2.12. The third kappa shape index (κ3) is 3.50. The molecule has 1 N–H and O–H groups in total. The fourth-order valence-electron chi connectivity index (χ4n) is 3.49. The number of nitrogens with zero attached hydrogens (tertiary/aromatic N) is 2. The summed E-state index contributed by atoms with van der Waals surface area (Å²) in [6.45, 7) is 2.22. The van der Waals surface area contributed by atoms with E-state index in [1.807, 2.05) is 6.92 Å². The molecule has 156 valence electrons. The molecule has 0 aliphatic carbocycles. The second-order valence-corrected chi connectivity index (χ2v) is 8.92. The van der Waals surface area contributed by atoms with Crippen LogP contribution in [0.4, 0.5) is 0 Å². The van der Waals surface area contributed by atoms with Crippen molar-refractivity contribution in [2.75, 3.05) is 6.61 Å². The zero-order valence-electron chi connectivity index (χ0n) is 16.4. The summed E-state index contributed by atoms with van der Waals surface area (Å²) < 4.78 is 33.5. The second-order valence-electron chi connectivity index (χ2n) is 6.69. The molecular weight excluding hydrogens is 436 g/mol. The molecule has 0 saturated carbocycles. The molecule has 8 heteroatoms. The minimum atomic E-state index is -4.16. The predicted molar refractivity (Wildman–Crippen MR) is 119 cm³/mol. The molecule has 0 unspecified atom stereocenters. The van der Waals surface area contributed by atoms with E-state index in [2.05, 4.69) is 6.07 Å². The van der Waals surface area contributed by atoms with Gasteiger partial charge in [-0.3, -0.25) is 0 Å². The first kappa shape index (κ1) is 20.8. The van der Waals surface area contributed by atoms with Gasteiger partial charge in [-0.25, -0.2) is 12.4 Å². The molecule has 6 nitrogen and oxygen atoms in total. The van der Waals surface area contributed by atoms with Gasteiger partial charge in [0.25, 0.3) is 10.0 Å². The molecule has 0 atom stereocenters. The molecule has 4 rings (SSSR count). The number of halogens is 1. The average molecular weight is 453 g/mol. The number of hydrogen-bond donors (Lipinski definition) is 1. The summed E-state index contributed by atoms with van der Waals surface area (Å²) in [5.41, 5.74) is 1.37. The van der Waals surface area contributed by atoms with Crippen LogP contribution in [-0.4, -0.2) is 24.1 Å². The van der Waals surface area contributed by atoms with Gasteiger partial charge in [0.05, 0.1) is 34.2 Å². The number of para-hydroxylation sites is 1. The molecule has 1 aromatic heterocycles. The quantitative estimate of drug-likeness (QED) is 0.450. The van der Waals surface area contributed by atoms with E-state index in [0.717, 1.165) is 3.97 Å². The number of fused-ring (bicyclic) bond motifs is 1. The number of ether oxygens (including phenoxy) is 1. The largest absolute Gasteiger partial charge is 0.493 e. The van der Waals surface area contributed by atoms with Gasteiger partial charge >= 0.3 is 0 Å². The fraction of sp³-hybridized carbons (Fsp3) is 0.0870. The van der Waals surface area contributed by atoms with Gasteiger partial charge in [0.15, 0.2) is 0 Å². The Hall–Kier alpha value is -3.47. The number of hydrogen-bond acceptors (Lipinski definition) is 5. The van der Waals surface area contributed by atoms with Crippen molar-refractivity contribution in [3.05, 3.63) is 77.3 Å². The van der Waals surface area contributed by atoms with Crippen molar-refractivity contribution >= 4 is 32.5 Å². The van der Waals surface area contributed by atoms with Gasteiger partial charge in [0.2, 0.25) is 5.88 Å². The van der Waals surface area contributed by atoms with Crippen LogP contribution in [0.3, 0.4) is 0 Å². The van der Waals surface area contributed by atoms with Crippen molar-refractivity contribution in [1.29, 1.82) is 5.26 Å². The molecule has 0 aliphatic rings. The Labute approximate surface area is 184 Å². The number of aromatic hydroxyl groups is 1. The van der Waals surface area contributed by atoms with Gasteiger partial charge in [-0.1, -0.05) is 29.8 Å². The lowest BCUT2D eigenvalue weighted by Gasteiger charge is -2.11. The van der Waals surface area contributed by atoms with E-state index in [4.69, 9.17) is 16.3 Å². The van der Waals surface area contributed by atoms with Crippen molar-refractivity contribution in [2.45, 2.75) is 11.8 Å². The zero-order chi connectivity index (χ0) is 22.2. The summed E-state index contributed by atoms with van der Waals surface area (Å²) in [5.74, 6) is 0.0257. The van der Waals surface area contributed by atoms with Crippen LogP contribution >= 0.6 is 11.6 Å². The third-order valence-corrected chi connectivity index (χ3v) is 6.81. The smallest absolute Gasteiger partial charge is 0.271 e. The lowest BCUT2D eigenvalue weighted by atomic mass is 10.0. The van der Waals surface area contributed by atoms with E-state index in [9.17, 15) is 18.8 Å². The van der Waals surface area contributed by atoms with Crippen LogP contribution in [0.25, 0.3) is 22.0 Å².